The number of rotatable bonds is 3. The third-order valence-electron chi connectivity index (χ3n) is 2.18. The molecule has 0 heterocycles. The molecular formula is C11H16N4O. The molecule has 0 aliphatic rings. The van der Waals surface area contributed by atoms with Crippen molar-refractivity contribution in [3.63, 3.8) is 0 Å². The second kappa shape index (κ2) is 5.16. The van der Waals surface area contributed by atoms with Crippen molar-refractivity contribution in [2.24, 2.45) is 5.73 Å². The van der Waals surface area contributed by atoms with Crippen molar-refractivity contribution >= 4 is 17.6 Å². The van der Waals surface area contributed by atoms with Gasteiger partial charge in [0, 0.05) is 5.69 Å². The Hall–Kier alpha value is -2.04. The Balaban J connectivity index is 2.66. The van der Waals surface area contributed by atoms with Crippen molar-refractivity contribution < 1.29 is 4.79 Å². The average molecular weight is 220 g/mol. The number of anilines is 1. The molecule has 0 fully saturated rings. The van der Waals surface area contributed by atoms with Crippen LogP contribution in [0.4, 0.5) is 5.69 Å². The van der Waals surface area contributed by atoms with Crippen LogP contribution < -0.4 is 16.4 Å². The fourth-order valence-electron chi connectivity index (χ4n) is 1.37. The van der Waals surface area contributed by atoms with E-state index in [1.807, 2.05) is 32.0 Å². The quantitative estimate of drug-likeness (QED) is 0.447. The molecule has 5 N–H and O–H groups in total. The summed E-state index contributed by atoms with van der Waals surface area (Å²) in [4.78, 5) is 11.5. The van der Waals surface area contributed by atoms with Crippen molar-refractivity contribution in [3.05, 3.63) is 29.3 Å². The summed E-state index contributed by atoms with van der Waals surface area (Å²) in [5.74, 6) is -0.427. The van der Waals surface area contributed by atoms with Crippen LogP contribution in [0.5, 0.6) is 0 Å². The van der Waals surface area contributed by atoms with E-state index in [2.05, 4.69) is 10.6 Å². The predicted octanol–water partition coefficient (Wildman–Crippen LogP) is 0.725. The van der Waals surface area contributed by atoms with Crippen LogP contribution in [0.1, 0.15) is 11.1 Å². The fraction of sp³-hybridized carbons (Fsp3) is 0.273. The topological polar surface area (TPSA) is 91.0 Å². The van der Waals surface area contributed by atoms with E-state index in [4.69, 9.17) is 11.1 Å². The van der Waals surface area contributed by atoms with Crippen molar-refractivity contribution in [3.8, 4) is 0 Å². The van der Waals surface area contributed by atoms with Gasteiger partial charge in [0.15, 0.2) is 5.96 Å². The lowest BCUT2D eigenvalue weighted by Crippen LogP contribution is -2.37. The van der Waals surface area contributed by atoms with Gasteiger partial charge in [-0.2, -0.15) is 0 Å². The number of hydrogen-bond acceptors (Lipinski definition) is 2. The average Bonchev–Trinajstić information content (AvgIpc) is 2.21. The molecule has 0 atom stereocenters. The van der Waals surface area contributed by atoms with Gasteiger partial charge >= 0.3 is 0 Å². The van der Waals surface area contributed by atoms with Crippen molar-refractivity contribution in [2.45, 2.75) is 13.8 Å². The highest BCUT2D eigenvalue weighted by Gasteiger charge is 2.06. The van der Waals surface area contributed by atoms with Crippen molar-refractivity contribution in [1.29, 1.82) is 5.41 Å². The van der Waals surface area contributed by atoms with Gasteiger partial charge in [0.25, 0.3) is 0 Å². The van der Waals surface area contributed by atoms with E-state index in [-0.39, 0.29) is 18.4 Å². The monoisotopic (exact) mass is 220 g/mol. The summed E-state index contributed by atoms with van der Waals surface area (Å²) >= 11 is 0. The molecule has 0 aliphatic heterocycles. The third kappa shape index (κ3) is 3.27. The minimum absolute atomic E-state index is 0.00308. The molecule has 5 nitrogen and oxygen atoms in total. The molecule has 1 aromatic carbocycles. The van der Waals surface area contributed by atoms with Crippen LogP contribution in [-0.2, 0) is 4.79 Å². The predicted molar refractivity (Wildman–Crippen MR) is 64.5 cm³/mol. The largest absolute Gasteiger partial charge is 0.370 e. The van der Waals surface area contributed by atoms with Gasteiger partial charge < -0.3 is 16.4 Å². The smallest absolute Gasteiger partial charge is 0.243 e. The van der Waals surface area contributed by atoms with Crippen LogP contribution in [-0.4, -0.2) is 18.4 Å². The standard InChI is InChI=1S/C11H16N4O/c1-7-4-3-5-8(2)10(7)15-9(16)6-14-11(12)13/h3-5H,6H2,1-2H3,(H,15,16)(H4,12,13,14). The molecule has 0 radical (unpaired) electrons. The summed E-state index contributed by atoms with van der Waals surface area (Å²) < 4.78 is 0. The molecular weight excluding hydrogens is 204 g/mol. The summed E-state index contributed by atoms with van der Waals surface area (Å²) in [5, 5.41) is 12.2. The minimum atomic E-state index is -0.215. The van der Waals surface area contributed by atoms with Crippen LogP contribution >= 0.6 is 0 Å². The number of amides is 1. The Labute approximate surface area is 94.5 Å². The van der Waals surface area contributed by atoms with E-state index in [0.717, 1.165) is 16.8 Å². The zero-order chi connectivity index (χ0) is 12.1. The molecule has 1 rings (SSSR count). The molecule has 16 heavy (non-hydrogen) atoms. The van der Waals surface area contributed by atoms with E-state index in [1.54, 1.807) is 0 Å². The Bertz CT molecular complexity index is 394. The van der Waals surface area contributed by atoms with Crippen LogP contribution in [0.3, 0.4) is 0 Å². The van der Waals surface area contributed by atoms with E-state index >= 15 is 0 Å². The first-order valence-electron chi connectivity index (χ1n) is 4.94. The van der Waals surface area contributed by atoms with Crippen LogP contribution in [0, 0.1) is 19.3 Å². The zero-order valence-corrected chi connectivity index (χ0v) is 9.42. The molecule has 0 bridgehead atoms. The first kappa shape index (κ1) is 12.0. The van der Waals surface area contributed by atoms with Crippen LogP contribution in [0.2, 0.25) is 0 Å². The Morgan fingerprint density at radius 2 is 1.94 bits per heavy atom. The lowest BCUT2D eigenvalue weighted by Gasteiger charge is -2.11. The highest BCUT2D eigenvalue weighted by atomic mass is 16.1. The maximum atomic E-state index is 11.5. The van der Waals surface area contributed by atoms with E-state index in [0.29, 0.717) is 0 Å². The molecule has 5 heteroatoms. The van der Waals surface area contributed by atoms with Crippen molar-refractivity contribution in [1.82, 2.24) is 5.32 Å². The zero-order valence-electron chi connectivity index (χ0n) is 9.42. The van der Waals surface area contributed by atoms with Gasteiger partial charge in [-0.15, -0.1) is 0 Å². The number of hydrogen-bond donors (Lipinski definition) is 4. The second-order valence-electron chi connectivity index (χ2n) is 3.58. The molecule has 0 aliphatic carbocycles. The van der Waals surface area contributed by atoms with Gasteiger partial charge in [0.1, 0.15) is 0 Å². The first-order valence-corrected chi connectivity index (χ1v) is 4.94. The fourth-order valence-corrected chi connectivity index (χ4v) is 1.37. The van der Waals surface area contributed by atoms with E-state index in [9.17, 15) is 4.79 Å². The normalized spacial score (nSPS) is 9.62. The van der Waals surface area contributed by atoms with Gasteiger partial charge in [-0.1, -0.05) is 18.2 Å². The van der Waals surface area contributed by atoms with Crippen LogP contribution in [0.15, 0.2) is 18.2 Å². The summed E-state index contributed by atoms with van der Waals surface area (Å²) in [7, 11) is 0. The number of nitrogens with two attached hydrogens (primary N) is 1. The summed E-state index contributed by atoms with van der Waals surface area (Å²) in [5.41, 5.74) is 7.92. The Morgan fingerprint density at radius 1 is 1.38 bits per heavy atom. The lowest BCUT2D eigenvalue weighted by molar-refractivity contribution is -0.115. The molecule has 0 unspecified atom stereocenters. The summed E-state index contributed by atoms with van der Waals surface area (Å²) in [6.07, 6.45) is 0. The van der Waals surface area contributed by atoms with Gasteiger partial charge in [-0.25, -0.2) is 0 Å². The number of nitrogens with one attached hydrogen (secondary N) is 3. The molecule has 0 saturated heterocycles. The summed E-state index contributed by atoms with van der Waals surface area (Å²) in [6, 6.07) is 5.80. The first-order chi connectivity index (χ1) is 7.50. The lowest BCUT2D eigenvalue weighted by atomic mass is 10.1. The molecule has 0 aromatic heterocycles. The van der Waals surface area contributed by atoms with Crippen LogP contribution in [0.25, 0.3) is 0 Å². The number of carbonyl (C=O) groups is 1. The van der Waals surface area contributed by atoms with Gasteiger partial charge in [0.2, 0.25) is 5.91 Å². The molecule has 0 saturated carbocycles. The number of carbonyl (C=O) groups excluding carboxylic acids is 1. The summed E-state index contributed by atoms with van der Waals surface area (Å²) in [6.45, 7) is 3.87. The van der Waals surface area contributed by atoms with Gasteiger partial charge in [-0.05, 0) is 25.0 Å². The van der Waals surface area contributed by atoms with Gasteiger partial charge in [-0.3, -0.25) is 10.2 Å². The maximum Gasteiger partial charge on any atom is 0.243 e. The van der Waals surface area contributed by atoms with E-state index in [1.165, 1.54) is 0 Å². The van der Waals surface area contributed by atoms with Crippen molar-refractivity contribution in [2.75, 3.05) is 11.9 Å². The number of para-hydroxylation sites is 1. The SMILES string of the molecule is Cc1cccc(C)c1NC(=O)CNC(=N)N. The minimum Gasteiger partial charge on any atom is -0.370 e. The number of aryl methyl sites for hydroxylation is 2. The molecule has 0 spiro atoms. The molecule has 1 amide bonds. The molecule has 1 aromatic rings. The third-order valence-corrected chi connectivity index (χ3v) is 2.18. The molecule has 86 valence electrons. The highest BCUT2D eigenvalue weighted by molar-refractivity contribution is 5.95. The Kier molecular flexibility index (Phi) is 3.88. The second-order valence-corrected chi connectivity index (χ2v) is 3.58. The highest BCUT2D eigenvalue weighted by Crippen LogP contribution is 2.18. The van der Waals surface area contributed by atoms with Gasteiger partial charge in [0.05, 0.1) is 6.54 Å². The number of benzene rings is 1. The maximum absolute atomic E-state index is 11.5. The van der Waals surface area contributed by atoms with E-state index < -0.39 is 0 Å². The Morgan fingerprint density at radius 3 is 2.44 bits per heavy atom. The number of guanidine groups is 1.